The van der Waals surface area contributed by atoms with Gasteiger partial charge in [0.1, 0.15) is 11.5 Å². The van der Waals surface area contributed by atoms with Gasteiger partial charge in [-0.15, -0.1) is 5.10 Å². The Hall–Kier alpha value is -2.09. The van der Waals surface area contributed by atoms with Gasteiger partial charge in [-0.05, 0) is 28.5 Å². The van der Waals surface area contributed by atoms with Gasteiger partial charge in [-0.1, -0.05) is 25.6 Å². The van der Waals surface area contributed by atoms with Crippen LogP contribution >= 0.6 is 11.8 Å². The summed E-state index contributed by atoms with van der Waals surface area (Å²) < 4.78 is 12.1. The molecule has 0 radical (unpaired) electrons. The van der Waals surface area contributed by atoms with E-state index in [-0.39, 0.29) is 11.5 Å². The predicted molar refractivity (Wildman–Crippen MR) is 87.3 cm³/mol. The molecule has 0 saturated heterocycles. The van der Waals surface area contributed by atoms with E-state index >= 15 is 0 Å². The van der Waals surface area contributed by atoms with Crippen molar-refractivity contribution in [2.45, 2.75) is 25.5 Å². The molecule has 0 aliphatic carbocycles. The summed E-state index contributed by atoms with van der Waals surface area (Å²) >= 11 is 1.32. The van der Waals surface area contributed by atoms with Crippen molar-refractivity contribution in [3.8, 4) is 11.5 Å². The number of aromatic nitrogens is 4. The van der Waals surface area contributed by atoms with E-state index in [4.69, 9.17) is 9.47 Å². The summed E-state index contributed by atoms with van der Waals surface area (Å²) in [6.07, 6.45) is 0. The number of nitrogens with zero attached hydrogens (tertiary/aromatic N) is 4. The van der Waals surface area contributed by atoms with Crippen molar-refractivity contribution in [2.24, 2.45) is 5.92 Å². The Kier molecular flexibility index (Phi) is 5.97. The Morgan fingerprint density at radius 1 is 1.30 bits per heavy atom. The highest BCUT2D eigenvalue weighted by Crippen LogP contribution is 2.26. The van der Waals surface area contributed by atoms with Crippen molar-refractivity contribution in [1.82, 2.24) is 20.2 Å². The van der Waals surface area contributed by atoms with Crippen LogP contribution in [0.3, 0.4) is 0 Å². The third-order valence-corrected chi connectivity index (χ3v) is 4.04. The molecule has 0 spiro atoms. The van der Waals surface area contributed by atoms with E-state index in [0.717, 1.165) is 6.54 Å². The molecule has 0 aliphatic heterocycles. The maximum absolute atomic E-state index is 12.4. The maximum Gasteiger partial charge on any atom is 0.209 e. The first-order valence-electron chi connectivity index (χ1n) is 7.19. The number of hydrogen-bond acceptors (Lipinski definition) is 7. The molecule has 2 rings (SSSR count). The molecule has 8 heteroatoms. The van der Waals surface area contributed by atoms with Gasteiger partial charge in [-0.3, -0.25) is 4.79 Å². The Labute approximate surface area is 139 Å². The van der Waals surface area contributed by atoms with Gasteiger partial charge in [0.25, 0.3) is 0 Å². The van der Waals surface area contributed by atoms with E-state index in [1.165, 1.54) is 18.9 Å². The monoisotopic (exact) mass is 336 g/mol. The van der Waals surface area contributed by atoms with E-state index in [9.17, 15) is 4.79 Å². The minimum absolute atomic E-state index is 0.0476. The summed E-state index contributed by atoms with van der Waals surface area (Å²) in [5.74, 6) is 1.76. The number of carbonyl (C=O) groups excluding carboxylic acids is 1. The summed E-state index contributed by atoms with van der Waals surface area (Å²) in [6, 6.07) is 5.14. The van der Waals surface area contributed by atoms with E-state index < -0.39 is 0 Å². The minimum atomic E-state index is -0.0476. The number of carbonyl (C=O) groups is 1. The molecule has 2 aromatic rings. The van der Waals surface area contributed by atoms with Crippen LogP contribution in [-0.2, 0) is 6.54 Å². The van der Waals surface area contributed by atoms with Crippen LogP contribution in [0.4, 0.5) is 0 Å². The Morgan fingerprint density at radius 3 is 2.74 bits per heavy atom. The van der Waals surface area contributed by atoms with Gasteiger partial charge < -0.3 is 9.47 Å². The van der Waals surface area contributed by atoms with Crippen molar-refractivity contribution in [3.05, 3.63) is 23.8 Å². The van der Waals surface area contributed by atoms with E-state index in [2.05, 4.69) is 29.4 Å². The first-order chi connectivity index (χ1) is 11.0. The third-order valence-electron chi connectivity index (χ3n) is 3.08. The predicted octanol–water partition coefficient (Wildman–Crippen LogP) is 2.32. The smallest absolute Gasteiger partial charge is 0.209 e. The van der Waals surface area contributed by atoms with Crippen LogP contribution in [0.25, 0.3) is 0 Å². The van der Waals surface area contributed by atoms with Crippen LogP contribution in [0.15, 0.2) is 23.4 Å². The van der Waals surface area contributed by atoms with Gasteiger partial charge >= 0.3 is 0 Å². The van der Waals surface area contributed by atoms with Crippen molar-refractivity contribution in [2.75, 3.05) is 20.0 Å². The first-order valence-corrected chi connectivity index (χ1v) is 8.18. The van der Waals surface area contributed by atoms with Crippen molar-refractivity contribution >= 4 is 17.5 Å². The highest BCUT2D eigenvalue weighted by Gasteiger charge is 2.16. The molecular formula is C15H20N4O3S. The van der Waals surface area contributed by atoms with E-state index in [1.54, 1.807) is 30.0 Å². The van der Waals surface area contributed by atoms with Crippen molar-refractivity contribution < 1.29 is 14.3 Å². The number of ketones is 1. The highest BCUT2D eigenvalue weighted by atomic mass is 32.2. The number of ether oxygens (including phenoxy) is 2. The van der Waals surface area contributed by atoms with Crippen LogP contribution in [0, 0.1) is 5.92 Å². The number of thioether (sulfide) groups is 1. The van der Waals surface area contributed by atoms with Gasteiger partial charge in [-0.25, -0.2) is 4.68 Å². The largest absolute Gasteiger partial charge is 0.497 e. The second-order valence-electron chi connectivity index (χ2n) is 5.32. The Balaban J connectivity index is 2.07. The molecule has 0 amide bonds. The van der Waals surface area contributed by atoms with Gasteiger partial charge in [0.15, 0.2) is 5.78 Å². The standard InChI is InChI=1S/C15H20N4O3S/c1-10(2)8-19-15(16-17-18-19)23-9-13(20)12-6-5-11(21-3)7-14(12)22-4/h5-7,10H,8-9H2,1-4H3. The molecule has 1 aromatic heterocycles. The molecule has 0 aliphatic rings. The van der Waals surface area contributed by atoms with E-state index in [1.807, 2.05) is 0 Å². The Morgan fingerprint density at radius 2 is 2.09 bits per heavy atom. The summed E-state index contributed by atoms with van der Waals surface area (Å²) in [7, 11) is 3.10. The normalized spacial score (nSPS) is 10.8. The number of rotatable bonds is 8. The van der Waals surface area contributed by atoms with Crippen LogP contribution in [0.2, 0.25) is 0 Å². The van der Waals surface area contributed by atoms with Crippen LogP contribution in [-0.4, -0.2) is 46.0 Å². The maximum atomic E-state index is 12.4. The highest BCUT2D eigenvalue weighted by molar-refractivity contribution is 7.99. The molecule has 0 N–H and O–H groups in total. The molecule has 1 heterocycles. The second kappa shape index (κ2) is 7.96. The van der Waals surface area contributed by atoms with Gasteiger partial charge in [0.05, 0.1) is 25.5 Å². The zero-order valence-corrected chi connectivity index (χ0v) is 14.5. The van der Waals surface area contributed by atoms with Crippen LogP contribution in [0.5, 0.6) is 11.5 Å². The zero-order chi connectivity index (χ0) is 16.8. The molecule has 7 nitrogen and oxygen atoms in total. The molecule has 0 saturated carbocycles. The zero-order valence-electron chi connectivity index (χ0n) is 13.6. The van der Waals surface area contributed by atoms with Crippen LogP contribution < -0.4 is 9.47 Å². The number of hydrogen-bond donors (Lipinski definition) is 0. The van der Waals surface area contributed by atoms with Gasteiger partial charge in [0.2, 0.25) is 5.16 Å². The average Bonchev–Trinajstić information content (AvgIpc) is 2.98. The SMILES string of the molecule is COc1ccc(C(=O)CSc2nnnn2CC(C)C)c(OC)c1. The van der Waals surface area contributed by atoms with Crippen molar-refractivity contribution in [1.29, 1.82) is 0 Å². The topological polar surface area (TPSA) is 79.1 Å². The third kappa shape index (κ3) is 4.44. The summed E-state index contributed by atoms with van der Waals surface area (Å²) in [5, 5.41) is 12.2. The van der Waals surface area contributed by atoms with Gasteiger partial charge in [0, 0.05) is 12.6 Å². The lowest BCUT2D eigenvalue weighted by molar-refractivity contribution is 0.101. The molecule has 0 fully saturated rings. The lowest BCUT2D eigenvalue weighted by Gasteiger charge is -2.10. The first kappa shape index (κ1) is 17.3. The fourth-order valence-electron chi connectivity index (χ4n) is 2.00. The Bertz CT molecular complexity index is 672. The molecule has 124 valence electrons. The second-order valence-corrected chi connectivity index (χ2v) is 6.26. The molecule has 23 heavy (non-hydrogen) atoms. The number of Topliss-reactive ketones (excluding diaryl/α,β-unsaturated/α-hetero) is 1. The van der Waals surface area contributed by atoms with E-state index in [0.29, 0.717) is 28.1 Å². The fourth-order valence-corrected chi connectivity index (χ4v) is 2.77. The summed E-state index contributed by atoms with van der Waals surface area (Å²) in [5.41, 5.74) is 0.517. The molecular weight excluding hydrogens is 316 g/mol. The lowest BCUT2D eigenvalue weighted by Crippen LogP contribution is -2.10. The fraction of sp³-hybridized carbons (Fsp3) is 0.467. The molecule has 0 unspecified atom stereocenters. The number of tetrazole rings is 1. The number of benzene rings is 1. The molecule has 1 aromatic carbocycles. The van der Waals surface area contributed by atoms with Crippen molar-refractivity contribution in [3.63, 3.8) is 0 Å². The number of methoxy groups -OCH3 is 2. The summed E-state index contributed by atoms with van der Waals surface area (Å²) in [6.45, 7) is 4.89. The quantitative estimate of drug-likeness (QED) is 0.540. The molecule has 0 bridgehead atoms. The average molecular weight is 336 g/mol. The lowest BCUT2D eigenvalue weighted by atomic mass is 10.1. The van der Waals surface area contributed by atoms with Crippen LogP contribution in [0.1, 0.15) is 24.2 Å². The van der Waals surface area contributed by atoms with Gasteiger partial charge in [-0.2, -0.15) is 0 Å². The minimum Gasteiger partial charge on any atom is -0.497 e. The summed E-state index contributed by atoms with van der Waals surface area (Å²) in [4.78, 5) is 12.4. The molecule has 0 atom stereocenters.